The molecule has 3 aromatic rings. The fraction of sp³-hybridized carbons (Fsp3) is 0.231. The van der Waals surface area contributed by atoms with E-state index in [2.05, 4.69) is 20.4 Å². The van der Waals surface area contributed by atoms with Crippen molar-refractivity contribution in [2.24, 2.45) is 0 Å². The van der Waals surface area contributed by atoms with E-state index in [0.29, 0.717) is 11.6 Å². The van der Waals surface area contributed by atoms with Gasteiger partial charge in [-0.3, -0.25) is 4.79 Å². The Balaban J connectivity index is 1.72. The summed E-state index contributed by atoms with van der Waals surface area (Å²) in [6.07, 6.45) is 1.52. The Bertz CT molecular complexity index is 783. The fourth-order valence-corrected chi connectivity index (χ4v) is 3.56. The molecule has 0 aliphatic heterocycles. The largest absolute Gasteiger partial charge is 0.360 e. The zero-order chi connectivity index (χ0) is 14.8. The van der Waals surface area contributed by atoms with Crippen LogP contribution in [0, 0.1) is 6.92 Å². The normalized spacial score (nSPS) is 12.5. The summed E-state index contributed by atoms with van der Waals surface area (Å²) in [4.78, 5) is 20.6. The summed E-state index contributed by atoms with van der Waals surface area (Å²) in [6, 6.07) is 3.62. The quantitative estimate of drug-likeness (QED) is 0.587. The Hall–Kier alpha value is -1.93. The molecule has 108 valence electrons. The lowest BCUT2D eigenvalue weighted by atomic mass is 10.4. The van der Waals surface area contributed by atoms with Gasteiger partial charge in [-0.05, 0) is 25.3 Å². The number of thioether (sulfide) groups is 1. The summed E-state index contributed by atoms with van der Waals surface area (Å²) in [7, 11) is 0. The van der Waals surface area contributed by atoms with Crippen molar-refractivity contribution in [3.05, 3.63) is 29.6 Å². The summed E-state index contributed by atoms with van der Waals surface area (Å²) < 4.78 is 5.92. The highest BCUT2D eigenvalue weighted by Gasteiger charge is 2.18. The SMILES string of the molecule is Cc1cc(NC(=O)C(C)Sc2ncnc3ccsc23)no1. The van der Waals surface area contributed by atoms with Gasteiger partial charge in [0, 0.05) is 6.07 Å². The molecule has 8 heteroatoms. The zero-order valence-corrected chi connectivity index (χ0v) is 13.0. The van der Waals surface area contributed by atoms with Crippen LogP contribution >= 0.6 is 23.1 Å². The molecule has 1 unspecified atom stereocenters. The van der Waals surface area contributed by atoms with Gasteiger partial charge in [0.15, 0.2) is 5.82 Å². The first-order chi connectivity index (χ1) is 10.1. The second kappa shape index (κ2) is 5.82. The topological polar surface area (TPSA) is 80.9 Å². The van der Waals surface area contributed by atoms with Crippen LogP contribution < -0.4 is 5.32 Å². The van der Waals surface area contributed by atoms with E-state index < -0.39 is 0 Å². The Kier molecular flexibility index (Phi) is 3.89. The number of rotatable bonds is 4. The summed E-state index contributed by atoms with van der Waals surface area (Å²) in [5, 5.41) is 8.94. The van der Waals surface area contributed by atoms with E-state index in [-0.39, 0.29) is 11.2 Å². The Labute approximate surface area is 129 Å². The predicted molar refractivity (Wildman–Crippen MR) is 82.6 cm³/mol. The smallest absolute Gasteiger partial charge is 0.238 e. The minimum atomic E-state index is -0.304. The number of amides is 1. The Morgan fingerprint density at radius 2 is 2.33 bits per heavy atom. The standard InChI is InChI=1S/C13H12N4O2S2/c1-7-5-10(17-19-7)16-12(18)8(2)21-13-11-9(3-4-20-11)14-6-15-13/h3-6,8H,1-2H3,(H,16,17,18). The molecule has 3 rings (SSSR count). The molecule has 0 fully saturated rings. The number of aryl methyl sites for hydroxylation is 1. The number of nitrogens with zero attached hydrogens (tertiary/aromatic N) is 3. The number of carbonyl (C=O) groups is 1. The molecular weight excluding hydrogens is 308 g/mol. The first kappa shape index (κ1) is 14.0. The second-order valence-corrected chi connectivity index (χ2v) is 6.63. The van der Waals surface area contributed by atoms with Crippen LogP contribution in [0.1, 0.15) is 12.7 Å². The van der Waals surface area contributed by atoms with Gasteiger partial charge < -0.3 is 9.84 Å². The Morgan fingerprint density at radius 1 is 1.48 bits per heavy atom. The fourth-order valence-electron chi connectivity index (χ4n) is 1.72. The third kappa shape index (κ3) is 3.06. The predicted octanol–water partition coefficient (Wildman–Crippen LogP) is 3.11. The van der Waals surface area contributed by atoms with E-state index in [0.717, 1.165) is 15.2 Å². The van der Waals surface area contributed by atoms with Crippen molar-refractivity contribution in [2.45, 2.75) is 24.1 Å². The molecule has 3 heterocycles. The summed E-state index contributed by atoms with van der Waals surface area (Å²) in [6.45, 7) is 3.60. The van der Waals surface area contributed by atoms with Crippen LogP contribution in [0.3, 0.4) is 0 Å². The van der Waals surface area contributed by atoms with Crippen molar-refractivity contribution in [3.8, 4) is 0 Å². The Morgan fingerprint density at radius 3 is 3.10 bits per heavy atom. The van der Waals surface area contributed by atoms with Gasteiger partial charge in [-0.15, -0.1) is 11.3 Å². The van der Waals surface area contributed by atoms with Crippen LogP contribution in [0.25, 0.3) is 10.2 Å². The van der Waals surface area contributed by atoms with Crippen molar-refractivity contribution in [2.75, 3.05) is 5.32 Å². The highest BCUT2D eigenvalue weighted by Crippen LogP contribution is 2.31. The van der Waals surface area contributed by atoms with Crippen LogP contribution in [0.5, 0.6) is 0 Å². The third-order valence-electron chi connectivity index (χ3n) is 2.75. The molecule has 3 aromatic heterocycles. The molecule has 0 aliphatic rings. The van der Waals surface area contributed by atoms with Gasteiger partial charge in [0.05, 0.1) is 15.5 Å². The number of fused-ring (bicyclic) bond motifs is 1. The van der Waals surface area contributed by atoms with Gasteiger partial charge in [0.1, 0.15) is 17.1 Å². The average molecular weight is 320 g/mol. The third-order valence-corrected chi connectivity index (χ3v) is 4.89. The molecule has 0 aromatic carbocycles. The molecule has 1 atom stereocenters. The van der Waals surface area contributed by atoms with E-state index in [1.165, 1.54) is 18.1 Å². The van der Waals surface area contributed by atoms with Crippen molar-refractivity contribution in [1.82, 2.24) is 15.1 Å². The number of thiophene rings is 1. The first-order valence-electron chi connectivity index (χ1n) is 6.22. The van der Waals surface area contributed by atoms with Crippen LogP contribution in [0.4, 0.5) is 5.82 Å². The monoisotopic (exact) mass is 320 g/mol. The van der Waals surface area contributed by atoms with Crippen LogP contribution in [0.2, 0.25) is 0 Å². The lowest BCUT2D eigenvalue weighted by Crippen LogP contribution is -2.22. The van der Waals surface area contributed by atoms with Crippen LogP contribution in [-0.2, 0) is 4.79 Å². The molecule has 6 nitrogen and oxygen atoms in total. The lowest BCUT2D eigenvalue weighted by molar-refractivity contribution is -0.115. The molecule has 1 amide bonds. The van der Waals surface area contributed by atoms with Gasteiger partial charge in [-0.2, -0.15) is 0 Å². The summed E-state index contributed by atoms with van der Waals surface area (Å²) in [5.41, 5.74) is 0.900. The maximum Gasteiger partial charge on any atom is 0.238 e. The molecule has 0 radical (unpaired) electrons. The molecule has 0 saturated heterocycles. The average Bonchev–Trinajstić information content (AvgIpc) is 3.08. The highest BCUT2D eigenvalue weighted by atomic mass is 32.2. The van der Waals surface area contributed by atoms with Crippen LogP contribution in [-0.4, -0.2) is 26.3 Å². The molecule has 0 saturated carbocycles. The lowest BCUT2D eigenvalue weighted by Gasteiger charge is -2.09. The number of nitrogens with one attached hydrogen (secondary N) is 1. The van der Waals surface area contributed by atoms with E-state index in [1.54, 1.807) is 24.3 Å². The number of hydrogen-bond acceptors (Lipinski definition) is 7. The van der Waals surface area contributed by atoms with Crippen molar-refractivity contribution < 1.29 is 9.32 Å². The zero-order valence-electron chi connectivity index (χ0n) is 11.4. The minimum Gasteiger partial charge on any atom is -0.360 e. The van der Waals surface area contributed by atoms with Gasteiger partial charge in [-0.1, -0.05) is 16.9 Å². The molecule has 21 heavy (non-hydrogen) atoms. The second-order valence-electron chi connectivity index (χ2n) is 4.39. The minimum absolute atomic E-state index is 0.142. The van der Waals surface area contributed by atoms with Crippen LogP contribution in [0.15, 0.2) is 33.4 Å². The van der Waals surface area contributed by atoms with Gasteiger partial charge >= 0.3 is 0 Å². The van der Waals surface area contributed by atoms with Crippen molar-refractivity contribution in [3.63, 3.8) is 0 Å². The summed E-state index contributed by atoms with van der Waals surface area (Å²) >= 11 is 2.97. The van der Waals surface area contributed by atoms with E-state index in [4.69, 9.17) is 4.52 Å². The number of carbonyl (C=O) groups excluding carboxylic acids is 1. The van der Waals surface area contributed by atoms with E-state index in [1.807, 2.05) is 18.4 Å². The van der Waals surface area contributed by atoms with Crippen molar-refractivity contribution in [1.29, 1.82) is 0 Å². The van der Waals surface area contributed by atoms with E-state index >= 15 is 0 Å². The van der Waals surface area contributed by atoms with E-state index in [9.17, 15) is 4.79 Å². The molecule has 0 spiro atoms. The maximum atomic E-state index is 12.1. The van der Waals surface area contributed by atoms with Gasteiger partial charge in [0.2, 0.25) is 5.91 Å². The summed E-state index contributed by atoms with van der Waals surface area (Å²) in [5.74, 6) is 0.937. The highest BCUT2D eigenvalue weighted by molar-refractivity contribution is 8.00. The number of anilines is 1. The maximum absolute atomic E-state index is 12.1. The molecular formula is C13H12N4O2S2. The molecule has 0 bridgehead atoms. The van der Waals surface area contributed by atoms with Crippen molar-refractivity contribution >= 4 is 45.0 Å². The molecule has 0 aliphatic carbocycles. The van der Waals surface area contributed by atoms with Gasteiger partial charge in [-0.25, -0.2) is 9.97 Å². The number of aromatic nitrogens is 3. The van der Waals surface area contributed by atoms with Gasteiger partial charge in [0.25, 0.3) is 0 Å². The molecule has 1 N–H and O–H groups in total. The first-order valence-corrected chi connectivity index (χ1v) is 7.98. The number of hydrogen-bond donors (Lipinski definition) is 1.